The molecular weight excluding hydrogens is 821 g/mol. The summed E-state index contributed by atoms with van der Waals surface area (Å²) in [6, 6.07) is 48.3. The van der Waals surface area contributed by atoms with Crippen LogP contribution in [-0.4, -0.2) is 33.3 Å². The number of aliphatic imine (C=N–C) groups is 2. The highest BCUT2D eigenvalue weighted by atomic mass is 32.2. The largest absolute Gasteiger partial charge is 0.485 e. The van der Waals surface area contributed by atoms with Gasteiger partial charge < -0.3 is 26.3 Å². The maximum Gasteiger partial charge on any atom is 0.248 e. The number of carbonyl (C=O) groups excluding carboxylic acids is 1. The first-order valence-electron chi connectivity index (χ1n) is 21.0. The molecule has 0 radical (unpaired) electrons. The van der Waals surface area contributed by atoms with E-state index in [9.17, 15) is 4.79 Å². The number of thioether (sulfide) groups is 2. The van der Waals surface area contributed by atoms with Gasteiger partial charge in [0.05, 0.1) is 6.57 Å². The lowest BCUT2D eigenvalue weighted by molar-refractivity contribution is 0.1000. The normalized spacial score (nSPS) is 21.9. The van der Waals surface area contributed by atoms with Crippen molar-refractivity contribution in [1.82, 2.24) is 5.32 Å². The third-order valence-electron chi connectivity index (χ3n) is 11.7. The van der Waals surface area contributed by atoms with E-state index in [1.165, 1.54) is 5.56 Å². The van der Waals surface area contributed by atoms with Crippen molar-refractivity contribution in [2.24, 2.45) is 21.5 Å². The van der Waals surface area contributed by atoms with Gasteiger partial charge in [-0.3, -0.25) is 9.79 Å². The molecule has 0 aliphatic carbocycles. The van der Waals surface area contributed by atoms with E-state index in [0.717, 1.165) is 80.0 Å². The number of hydrogen-bond acceptors (Lipinski definition) is 9. The van der Waals surface area contributed by atoms with E-state index in [4.69, 9.17) is 37.5 Å². The zero-order valence-electron chi connectivity index (χ0n) is 35.4. The summed E-state index contributed by atoms with van der Waals surface area (Å²) in [6.45, 7) is 13.8. The first kappa shape index (κ1) is 41.9. The standard InChI is InChI=1S/C28H27N3OS.C24H21N3O2S/c1-27(2,3)30-26-31-28(18-33-26)17-25(19-9-6-5-7-10-19)32-24-14-13-21(16-23(24)28)20-11-8-12-22(15-20)29-4;25-22(28)18-8-4-7-16(11-18)17-9-10-20-19(12-17)24(14-30-23(26)27-24)13-21(29-20)15-5-2-1-3-6-15/h5-16,25H,17-18H2,1-3H3,(H,30,31);1-12,21H,13-14H2,(H2,25,28)(H2,26,27). The Morgan fingerprint density at radius 2 is 1.21 bits per heavy atom. The minimum absolute atomic E-state index is 0.0478. The van der Waals surface area contributed by atoms with Gasteiger partial charge in [0.15, 0.2) is 16.0 Å². The first-order chi connectivity index (χ1) is 30.4. The van der Waals surface area contributed by atoms with Crippen LogP contribution in [0.3, 0.4) is 0 Å². The maximum atomic E-state index is 11.6. The van der Waals surface area contributed by atoms with E-state index in [-0.39, 0.29) is 23.3 Å². The summed E-state index contributed by atoms with van der Waals surface area (Å²) in [4.78, 5) is 25.4. The van der Waals surface area contributed by atoms with Crippen molar-refractivity contribution in [2.45, 2.75) is 62.4 Å². The van der Waals surface area contributed by atoms with Crippen LogP contribution in [-0.2, 0) is 11.1 Å². The molecule has 10 rings (SSSR count). The summed E-state index contributed by atoms with van der Waals surface area (Å²) in [5.41, 5.74) is 20.3. The molecule has 6 aromatic carbocycles. The fourth-order valence-corrected chi connectivity index (χ4v) is 11.0. The Morgan fingerprint density at radius 3 is 1.73 bits per heavy atom. The van der Waals surface area contributed by atoms with Crippen LogP contribution in [0.25, 0.3) is 27.1 Å². The number of carbonyl (C=O) groups is 1. The van der Waals surface area contributed by atoms with Crippen molar-refractivity contribution in [3.63, 3.8) is 0 Å². The molecule has 4 aliphatic heterocycles. The Bertz CT molecular complexity index is 2800. The van der Waals surface area contributed by atoms with E-state index < -0.39 is 11.4 Å². The Balaban J connectivity index is 0.000000161. The molecule has 4 aliphatic rings. The third kappa shape index (κ3) is 8.79. The number of nitrogens with one attached hydrogen (secondary N) is 1. The van der Waals surface area contributed by atoms with Gasteiger partial charge in [0, 0.05) is 46.6 Å². The van der Waals surface area contributed by atoms with Crippen LogP contribution < -0.4 is 26.3 Å². The lowest BCUT2D eigenvalue weighted by Crippen LogP contribution is -2.39. The molecule has 0 saturated carbocycles. The zero-order chi connectivity index (χ0) is 43.8. The molecule has 4 unspecified atom stereocenters. The molecule has 4 heterocycles. The van der Waals surface area contributed by atoms with Gasteiger partial charge in [0.1, 0.15) is 34.8 Å². The molecule has 5 N–H and O–H groups in total. The van der Waals surface area contributed by atoms with Crippen LogP contribution in [0.15, 0.2) is 156 Å². The van der Waals surface area contributed by atoms with Crippen molar-refractivity contribution in [2.75, 3.05) is 11.5 Å². The van der Waals surface area contributed by atoms with E-state index in [1.54, 1.807) is 29.6 Å². The van der Waals surface area contributed by atoms with Gasteiger partial charge in [-0.05, 0) is 96.6 Å². The smallest absolute Gasteiger partial charge is 0.248 e. The van der Waals surface area contributed by atoms with Gasteiger partial charge >= 0.3 is 0 Å². The predicted molar refractivity (Wildman–Crippen MR) is 258 cm³/mol. The van der Waals surface area contributed by atoms with Crippen LogP contribution in [0.4, 0.5) is 5.69 Å². The van der Waals surface area contributed by atoms with E-state index in [0.29, 0.717) is 16.4 Å². The molecule has 0 fully saturated rings. The number of hydrogen-bond donors (Lipinski definition) is 3. The third-order valence-corrected chi connectivity index (χ3v) is 13.8. The van der Waals surface area contributed by atoms with Crippen LogP contribution in [0.1, 0.15) is 78.4 Å². The average molecular weight is 869 g/mol. The summed E-state index contributed by atoms with van der Waals surface area (Å²) < 4.78 is 12.9. The van der Waals surface area contributed by atoms with Crippen molar-refractivity contribution in [1.29, 1.82) is 0 Å². The number of rotatable bonds is 5. The van der Waals surface area contributed by atoms with Crippen molar-refractivity contribution in [3.8, 4) is 33.8 Å². The number of amidine groups is 2. The lowest BCUT2D eigenvalue weighted by atomic mass is 9.81. The highest BCUT2D eigenvalue weighted by Gasteiger charge is 2.47. The van der Waals surface area contributed by atoms with Gasteiger partial charge in [0.2, 0.25) is 5.91 Å². The number of primary amides is 1. The van der Waals surface area contributed by atoms with Gasteiger partial charge in [-0.2, -0.15) is 0 Å². The predicted octanol–water partition coefficient (Wildman–Crippen LogP) is 11.3. The molecule has 1 amide bonds. The molecule has 4 atom stereocenters. The Hall–Kier alpha value is -6.48. The minimum Gasteiger partial charge on any atom is -0.485 e. The van der Waals surface area contributed by atoms with Crippen molar-refractivity contribution < 1.29 is 14.3 Å². The SMILES string of the molecule is NC(=O)c1cccc(-c2ccc3c(c2)C2(CSC(N)=N2)CC(c2ccccc2)O3)c1.[C-]#[N+]c1cccc(-c2ccc3c(c2)C2(CSC(NC(C)(C)C)=N2)CC(c2ccccc2)O3)c1. The summed E-state index contributed by atoms with van der Waals surface area (Å²) in [5, 5.41) is 5.17. The lowest BCUT2D eigenvalue weighted by Gasteiger charge is -2.38. The molecule has 0 bridgehead atoms. The molecule has 6 aromatic rings. The fraction of sp³-hybridized carbons (Fsp3) is 0.231. The monoisotopic (exact) mass is 868 g/mol. The summed E-state index contributed by atoms with van der Waals surface area (Å²) in [6.07, 6.45) is 1.38. The van der Waals surface area contributed by atoms with Crippen molar-refractivity contribution >= 4 is 45.5 Å². The van der Waals surface area contributed by atoms with Crippen LogP contribution >= 0.6 is 23.5 Å². The molecule has 63 heavy (non-hydrogen) atoms. The van der Waals surface area contributed by atoms with Crippen LogP contribution in [0.5, 0.6) is 11.5 Å². The Morgan fingerprint density at radius 1 is 0.683 bits per heavy atom. The molecule has 0 saturated heterocycles. The summed E-state index contributed by atoms with van der Waals surface area (Å²) in [5.74, 6) is 2.93. The molecule has 2 spiro atoms. The van der Waals surface area contributed by atoms with Gasteiger partial charge in [-0.15, -0.1) is 0 Å². The van der Waals surface area contributed by atoms with Crippen LogP contribution in [0.2, 0.25) is 0 Å². The number of nitrogens with zero attached hydrogens (tertiary/aromatic N) is 3. The number of ether oxygens (including phenoxy) is 2. The second-order valence-corrected chi connectivity index (χ2v) is 19.3. The maximum absolute atomic E-state index is 11.6. The minimum atomic E-state index is -0.440. The topological polar surface area (TPSA) is 129 Å². The van der Waals surface area contributed by atoms with Gasteiger partial charge in [-0.25, -0.2) is 9.84 Å². The first-order valence-corrected chi connectivity index (χ1v) is 23.0. The van der Waals surface area contributed by atoms with Crippen molar-refractivity contribution in [3.05, 3.63) is 185 Å². The Kier molecular flexibility index (Phi) is 11.3. The van der Waals surface area contributed by atoms with E-state index >= 15 is 0 Å². The number of amides is 1. The zero-order valence-corrected chi connectivity index (χ0v) is 37.0. The number of nitrogens with two attached hydrogens (primary N) is 2. The number of fused-ring (bicyclic) bond motifs is 4. The molecule has 316 valence electrons. The highest BCUT2D eigenvalue weighted by Crippen LogP contribution is 2.53. The molecule has 9 nitrogen and oxygen atoms in total. The van der Waals surface area contributed by atoms with E-state index in [1.807, 2.05) is 72.8 Å². The molecule has 11 heteroatoms. The summed E-state index contributed by atoms with van der Waals surface area (Å²) in [7, 11) is 0. The fourth-order valence-electron chi connectivity index (χ4n) is 8.67. The van der Waals surface area contributed by atoms with Gasteiger partial charge in [0.25, 0.3) is 0 Å². The molecular formula is C52H48N6O3S2. The van der Waals surface area contributed by atoms with Gasteiger partial charge in [-0.1, -0.05) is 127 Å². The van der Waals surface area contributed by atoms with E-state index in [2.05, 4.69) is 97.7 Å². The second-order valence-electron chi connectivity index (χ2n) is 17.4. The summed E-state index contributed by atoms with van der Waals surface area (Å²) >= 11 is 3.37. The Labute approximate surface area is 377 Å². The van der Waals surface area contributed by atoms with Crippen LogP contribution in [0, 0.1) is 6.57 Å². The number of benzene rings is 6. The second kappa shape index (κ2) is 17.0. The highest BCUT2D eigenvalue weighted by molar-refractivity contribution is 8.14. The average Bonchev–Trinajstić information content (AvgIpc) is 3.88. The molecule has 0 aromatic heterocycles. The quantitative estimate of drug-likeness (QED) is 0.147.